The summed E-state index contributed by atoms with van der Waals surface area (Å²) in [7, 11) is 1.50. The predicted molar refractivity (Wildman–Crippen MR) is 118 cm³/mol. The van der Waals surface area contributed by atoms with Gasteiger partial charge in [0.1, 0.15) is 5.75 Å². The highest BCUT2D eigenvalue weighted by Crippen LogP contribution is 2.49. The van der Waals surface area contributed by atoms with Gasteiger partial charge in [0, 0.05) is 19.5 Å². The zero-order valence-corrected chi connectivity index (χ0v) is 18.9. The fourth-order valence-electron chi connectivity index (χ4n) is 5.49. The molecule has 6 nitrogen and oxygen atoms in total. The van der Waals surface area contributed by atoms with E-state index >= 15 is 0 Å². The highest BCUT2D eigenvalue weighted by atomic mass is 16.4. The Kier molecular flexibility index (Phi) is 8.30. The predicted octanol–water partition coefficient (Wildman–Crippen LogP) is 3.68. The van der Waals surface area contributed by atoms with E-state index in [9.17, 15) is 19.8 Å². The minimum atomic E-state index is -0.750. The number of piperidine rings is 1. The van der Waals surface area contributed by atoms with Crippen LogP contribution in [0, 0.1) is 24.7 Å². The van der Waals surface area contributed by atoms with Crippen molar-refractivity contribution in [3.05, 3.63) is 29.3 Å². The Bertz CT molecular complexity index is 743. The molecule has 0 radical (unpaired) electrons. The van der Waals surface area contributed by atoms with Crippen molar-refractivity contribution >= 4 is 11.9 Å². The van der Waals surface area contributed by atoms with Gasteiger partial charge in [-0.3, -0.25) is 9.59 Å². The molecule has 3 rings (SSSR count). The zero-order chi connectivity index (χ0) is 22.5. The number of likely N-dealkylation sites (tertiary alicyclic amines) is 1. The second-order valence-corrected chi connectivity index (χ2v) is 9.09. The molecule has 1 amide bonds. The lowest BCUT2D eigenvalue weighted by Crippen LogP contribution is -2.46. The first kappa shape index (κ1) is 24.2. The van der Waals surface area contributed by atoms with Crippen LogP contribution in [0.15, 0.2) is 18.2 Å². The second-order valence-electron chi connectivity index (χ2n) is 9.09. The maximum atomic E-state index is 13.1. The van der Waals surface area contributed by atoms with Crippen molar-refractivity contribution in [2.24, 2.45) is 23.5 Å². The van der Waals surface area contributed by atoms with Crippen LogP contribution in [0.25, 0.3) is 0 Å². The van der Waals surface area contributed by atoms with E-state index in [1.165, 1.54) is 7.05 Å². The van der Waals surface area contributed by atoms with Gasteiger partial charge in [0.15, 0.2) is 0 Å². The van der Waals surface area contributed by atoms with Gasteiger partial charge in [-0.05, 0) is 73.7 Å². The number of carboxylic acid groups (broad SMARTS) is 1. The Hall–Kier alpha value is -2.08. The van der Waals surface area contributed by atoms with E-state index in [0.717, 1.165) is 30.4 Å². The molecular formula is C24H38N2O4. The summed E-state index contributed by atoms with van der Waals surface area (Å²) in [5.74, 6) is -0.00209. The molecule has 1 unspecified atom stereocenters. The Morgan fingerprint density at radius 2 is 1.83 bits per heavy atom. The van der Waals surface area contributed by atoms with Crippen molar-refractivity contribution in [1.82, 2.24) is 4.90 Å². The van der Waals surface area contributed by atoms with Gasteiger partial charge in [0.25, 0.3) is 0 Å². The quantitative estimate of drug-likeness (QED) is 0.692. The summed E-state index contributed by atoms with van der Waals surface area (Å²) in [6.07, 6.45) is 4.84. The van der Waals surface area contributed by atoms with Gasteiger partial charge in [-0.2, -0.15) is 0 Å². The standard InChI is InChI=1S/C23H33NO4.CH5N/c1-15-5-4-10-23(3,19-13-18(25)7-6-16(19)2)20(15)14-21(26)24-11-8-17(9-12-24)22(27)28;1-2/h6-7,13,15,17,20,25H,4-5,8-12,14H2,1-3H3,(H,27,28);2H2,1H3/t15?,20-,23+;/m0./s1. The summed E-state index contributed by atoms with van der Waals surface area (Å²) in [5.41, 5.74) is 6.67. The van der Waals surface area contributed by atoms with Gasteiger partial charge in [0.2, 0.25) is 5.91 Å². The van der Waals surface area contributed by atoms with Crippen molar-refractivity contribution in [3.8, 4) is 5.75 Å². The molecule has 1 aromatic carbocycles. The molecule has 168 valence electrons. The van der Waals surface area contributed by atoms with Crippen molar-refractivity contribution in [2.75, 3.05) is 20.1 Å². The topological polar surface area (TPSA) is 104 Å². The number of amides is 1. The number of aliphatic carboxylic acids is 1. The monoisotopic (exact) mass is 418 g/mol. The van der Waals surface area contributed by atoms with Gasteiger partial charge in [-0.15, -0.1) is 0 Å². The van der Waals surface area contributed by atoms with Crippen LogP contribution in [0.4, 0.5) is 0 Å². The normalized spacial score (nSPS) is 27.2. The van der Waals surface area contributed by atoms with E-state index < -0.39 is 5.97 Å². The number of phenolic OH excluding ortho intramolecular Hbond substituents is 1. The molecule has 1 aliphatic heterocycles. The van der Waals surface area contributed by atoms with Crippen LogP contribution >= 0.6 is 0 Å². The number of benzene rings is 1. The molecular weight excluding hydrogens is 380 g/mol. The van der Waals surface area contributed by atoms with E-state index in [2.05, 4.69) is 26.5 Å². The average Bonchev–Trinajstić information content (AvgIpc) is 2.74. The summed E-state index contributed by atoms with van der Waals surface area (Å²) in [5, 5.41) is 19.2. The summed E-state index contributed by atoms with van der Waals surface area (Å²) in [4.78, 5) is 26.1. The first-order valence-corrected chi connectivity index (χ1v) is 11.1. The average molecular weight is 419 g/mol. The third-order valence-corrected chi connectivity index (χ3v) is 7.29. The van der Waals surface area contributed by atoms with Crippen LogP contribution in [0.5, 0.6) is 5.75 Å². The van der Waals surface area contributed by atoms with Gasteiger partial charge in [0.05, 0.1) is 5.92 Å². The number of nitrogens with two attached hydrogens (primary N) is 1. The smallest absolute Gasteiger partial charge is 0.306 e. The number of hydrogen-bond donors (Lipinski definition) is 3. The molecule has 1 saturated carbocycles. The first-order chi connectivity index (χ1) is 14.2. The number of phenols is 1. The third kappa shape index (κ3) is 5.15. The largest absolute Gasteiger partial charge is 0.508 e. The molecule has 1 heterocycles. The van der Waals surface area contributed by atoms with E-state index in [1.807, 2.05) is 17.0 Å². The Balaban J connectivity index is 0.00000155. The van der Waals surface area contributed by atoms with Crippen molar-refractivity contribution in [1.29, 1.82) is 0 Å². The summed E-state index contributed by atoms with van der Waals surface area (Å²) in [6, 6.07) is 5.56. The van der Waals surface area contributed by atoms with Crippen LogP contribution in [0.3, 0.4) is 0 Å². The molecule has 6 heteroatoms. The second kappa shape index (κ2) is 10.3. The zero-order valence-electron chi connectivity index (χ0n) is 18.9. The number of aryl methyl sites for hydroxylation is 1. The van der Waals surface area contributed by atoms with Crippen LogP contribution < -0.4 is 5.73 Å². The van der Waals surface area contributed by atoms with Crippen molar-refractivity contribution in [3.63, 3.8) is 0 Å². The number of hydrogen-bond acceptors (Lipinski definition) is 4. The number of rotatable bonds is 4. The summed E-state index contributed by atoms with van der Waals surface area (Å²) >= 11 is 0. The molecule has 0 aromatic heterocycles. The SMILES string of the molecule is CN.Cc1ccc(O)cc1[C@@]1(C)CCCC(C)[C@@H]1CC(=O)N1CCC(C(=O)O)CC1. The number of aromatic hydroxyl groups is 1. The molecule has 3 atom stereocenters. The lowest BCUT2D eigenvalue weighted by molar-refractivity contribution is -0.146. The van der Waals surface area contributed by atoms with E-state index in [0.29, 0.717) is 38.3 Å². The lowest BCUT2D eigenvalue weighted by atomic mass is 9.58. The third-order valence-electron chi connectivity index (χ3n) is 7.29. The molecule has 4 N–H and O–H groups in total. The molecule has 0 spiro atoms. The summed E-state index contributed by atoms with van der Waals surface area (Å²) in [6.45, 7) is 7.65. The van der Waals surface area contributed by atoms with Gasteiger partial charge in [-0.1, -0.05) is 32.8 Å². The van der Waals surface area contributed by atoms with E-state index in [-0.39, 0.29) is 28.9 Å². The van der Waals surface area contributed by atoms with Crippen molar-refractivity contribution in [2.45, 2.75) is 64.7 Å². The maximum absolute atomic E-state index is 13.1. The van der Waals surface area contributed by atoms with Crippen LogP contribution in [-0.4, -0.2) is 47.1 Å². The minimum absolute atomic E-state index is 0.143. The molecule has 2 aliphatic rings. The highest BCUT2D eigenvalue weighted by Gasteiger charge is 2.44. The summed E-state index contributed by atoms with van der Waals surface area (Å²) < 4.78 is 0. The fourth-order valence-corrected chi connectivity index (χ4v) is 5.49. The fraction of sp³-hybridized carbons (Fsp3) is 0.667. The molecule has 2 fully saturated rings. The van der Waals surface area contributed by atoms with Crippen LogP contribution in [0.2, 0.25) is 0 Å². The van der Waals surface area contributed by atoms with Gasteiger partial charge in [-0.25, -0.2) is 0 Å². The molecule has 1 aliphatic carbocycles. The number of carboxylic acids is 1. The Labute approximate surface area is 180 Å². The molecule has 0 bridgehead atoms. The van der Waals surface area contributed by atoms with Gasteiger partial charge >= 0.3 is 5.97 Å². The van der Waals surface area contributed by atoms with E-state index in [4.69, 9.17) is 0 Å². The Morgan fingerprint density at radius 1 is 1.20 bits per heavy atom. The minimum Gasteiger partial charge on any atom is -0.508 e. The van der Waals surface area contributed by atoms with Crippen LogP contribution in [0.1, 0.15) is 63.5 Å². The Morgan fingerprint density at radius 3 is 2.43 bits per heavy atom. The van der Waals surface area contributed by atoms with Crippen LogP contribution in [-0.2, 0) is 15.0 Å². The van der Waals surface area contributed by atoms with Gasteiger partial charge < -0.3 is 20.8 Å². The number of carbonyl (C=O) groups is 2. The lowest BCUT2D eigenvalue weighted by Gasteiger charge is -2.47. The molecule has 1 aromatic rings. The number of carbonyl (C=O) groups excluding carboxylic acids is 1. The molecule has 1 saturated heterocycles. The highest BCUT2D eigenvalue weighted by molar-refractivity contribution is 5.77. The maximum Gasteiger partial charge on any atom is 0.306 e. The first-order valence-electron chi connectivity index (χ1n) is 11.1. The molecule has 30 heavy (non-hydrogen) atoms. The van der Waals surface area contributed by atoms with E-state index in [1.54, 1.807) is 6.07 Å². The van der Waals surface area contributed by atoms with Crippen molar-refractivity contribution < 1.29 is 19.8 Å². The number of nitrogens with zero attached hydrogens (tertiary/aromatic N) is 1.